The van der Waals surface area contributed by atoms with Gasteiger partial charge in [0.15, 0.2) is 0 Å². The van der Waals surface area contributed by atoms with Crippen LogP contribution in [0.4, 0.5) is 5.69 Å². The lowest BCUT2D eigenvalue weighted by atomic mass is 10.2. The average Bonchev–Trinajstić information content (AvgIpc) is 2.89. The summed E-state index contributed by atoms with van der Waals surface area (Å²) in [7, 11) is 0. The van der Waals surface area contributed by atoms with Gasteiger partial charge < -0.3 is 5.32 Å². The summed E-state index contributed by atoms with van der Waals surface area (Å²) in [5.41, 5.74) is 3.51. The maximum Gasteiger partial charge on any atom is 0.0992 e. The van der Waals surface area contributed by atoms with E-state index in [4.69, 9.17) is 16.9 Å². The Morgan fingerprint density at radius 2 is 2.20 bits per heavy atom. The molecule has 0 aliphatic heterocycles. The molecule has 0 bridgehead atoms. The minimum Gasteiger partial charge on any atom is -0.380 e. The highest BCUT2D eigenvalue weighted by Gasteiger charge is 2.05. The minimum atomic E-state index is 0.542. The van der Waals surface area contributed by atoms with Gasteiger partial charge in [-0.15, -0.1) is 0 Å². The Hall–Kier alpha value is -2.51. The van der Waals surface area contributed by atoms with Crippen molar-refractivity contribution in [2.24, 2.45) is 0 Å². The second-order valence-electron chi connectivity index (χ2n) is 4.36. The number of benzene rings is 1. The SMILES string of the molecule is N#Cc1ccc(NCc2cnn3ccccc23)c(Cl)c1. The first kappa shape index (κ1) is 12.5. The summed E-state index contributed by atoms with van der Waals surface area (Å²) >= 11 is 6.13. The summed E-state index contributed by atoms with van der Waals surface area (Å²) in [6.45, 7) is 0.624. The molecule has 0 saturated carbocycles. The quantitative estimate of drug-likeness (QED) is 0.800. The van der Waals surface area contributed by atoms with Crippen molar-refractivity contribution >= 4 is 22.8 Å². The number of nitrogens with zero attached hydrogens (tertiary/aromatic N) is 3. The number of pyridine rings is 1. The molecule has 0 amide bonds. The van der Waals surface area contributed by atoms with E-state index in [-0.39, 0.29) is 0 Å². The number of halogens is 1. The summed E-state index contributed by atoms with van der Waals surface area (Å²) in [6, 6.07) is 13.2. The zero-order valence-electron chi connectivity index (χ0n) is 10.5. The molecule has 4 nitrogen and oxygen atoms in total. The van der Waals surface area contributed by atoms with Crippen molar-refractivity contribution in [3.8, 4) is 6.07 Å². The van der Waals surface area contributed by atoms with Crippen molar-refractivity contribution in [1.82, 2.24) is 9.61 Å². The highest BCUT2D eigenvalue weighted by Crippen LogP contribution is 2.23. The van der Waals surface area contributed by atoms with Gasteiger partial charge in [-0.2, -0.15) is 10.4 Å². The number of rotatable bonds is 3. The molecule has 0 atom stereocenters. The Morgan fingerprint density at radius 1 is 1.30 bits per heavy atom. The van der Waals surface area contributed by atoms with Crippen molar-refractivity contribution in [1.29, 1.82) is 5.26 Å². The van der Waals surface area contributed by atoms with Gasteiger partial charge in [0.1, 0.15) is 0 Å². The largest absolute Gasteiger partial charge is 0.380 e. The first-order valence-electron chi connectivity index (χ1n) is 6.13. The van der Waals surface area contributed by atoms with Crippen LogP contribution in [0.2, 0.25) is 5.02 Å². The topological polar surface area (TPSA) is 53.1 Å². The molecular formula is C15H11ClN4. The molecule has 20 heavy (non-hydrogen) atoms. The van der Waals surface area contributed by atoms with E-state index in [1.165, 1.54) is 0 Å². The van der Waals surface area contributed by atoms with Gasteiger partial charge in [0.05, 0.1) is 34.1 Å². The lowest BCUT2D eigenvalue weighted by Gasteiger charge is -2.07. The number of hydrogen-bond donors (Lipinski definition) is 1. The van der Waals surface area contributed by atoms with Gasteiger partial charge in [-0.05, 0) is 30.3 Å². The minimum absolute atomic E-state index is 0.542. The van der Waals surface area contributed by atoms with E-state index >= 15 is 0 Å². The highest BCUT2D eigenvalue weighted by molar-refractivity contribution is 6.33. The monoisotopic (exact) mass is 282 g/mol. The number of hydrogen-bond acceptors (Lipinski definition) is 3. The van der Waals surface area contributed by atoms with Crippen molar-refractivity contribution in [2.45, 2.75) is 6.54 Å². The lowest BCUT2D eigenvalue weighted by molar-refractivity contribution is 0.961. The second kappa shape index (κ2) is 5.24. The molecule has 98 valence electrons. The van der Waals surface area contributed by atoms with E-state index in [1.807, 2.05) is 41.2 Å². The predicted octanol–water partition coefficient (Wildman–Crippen LogP) is 3.47. The van der Waals surface area contributed by atoms with Gasteiger partial charge in [-0.25, -0.2) is 4.52 Å². The molecule has 0 unspecified atom stereocenters. The van der Waals surface area contributed by atoms with Gasteiger partial charge >= 0.3 is 0 Å². The maximum absolute atomic E-state index is 8.81. The lowest BCUT2D eigenvalue weighted by Crippen LogP contribution is -1.99. The van der Waals surface area contributed by atoms with E-state index in [2.05, 4.69) is 16.5 Å². The third-order valence-corrected chi connectivity index (χ3v) is 3.39. The molecule has 0 saturated heterocycles. The van der Waals surface area contributed by atoms with E-state index in [1.54, 1.807) is 12.1 Å². The van der Waals surface area contributed by atoms with Crippen LogP contribution < -0.4 is 5.32 Å². The van der Waals surface area contributed by atoms with Crippen LogP contribution >= 0.6 is 11.6 Å². The summed E-state index contributed by atoms with van der Waals surface area (Å²) in [6.07, 6.45) is 3.74. The highest BCUT2D eigenvalue weighted by atomic mass is 35.5. The van der Waals surface area contributed by atoms with Crippen molar-refractivity contribution in [3.63, 3.8) is 0 Å². The number of nitrogens with one attached hydrogen (secondary N) is 1. The van der Waals surface area contributed by atoms with Gasteiger partial charge in [0.2, 0.25) is 0 Å². The normalized spacial score (nSPS) is 10.4. The number of nitriles is 1. The first-order chi connectivity index (χ1) is 9.78. The first-order valence-corrected chi connectivity index (χ1v) is 6.50. The molecule has 3 aromatic rings. The molecule has 0 aliphatic rings. The standard InChI is InChI=1S/C15H11ClN4/c16-13-7-11(8-17)4-5-14(13)18-9-12-10-19-20-6-2-1-3-15(12)20/h1-7,10,18H,9H2. The Labute approximate surface area is 121 Å². The third kappa shape index (κ3) is 2.31. The molecule has 1 aromatic carbocycles. The number of anilines is 1. The Kier molecular flexibility index (Phi) is 3.28. The molecular weight excluding hydrogens is 272 g/mol. The molecule has 1 N–H and O–H groups in total. The fourth-order valence-corrected chi connectivity index (χ4v) is 2.29. The van der Waals surface area contributed by atoms with E-state index < -0.39 is 0 Å². The molecule has 5 heteroatoms. The van der Waals surface area contributed by atoms with Crippen molar-refractivity contribution in [3.05, 3.63) is 64.9 Å². The Morgan fingerprint density at radius 3 is 3.00 bits per heavy atom. The molecule has 2 aromatic heterocycles. The molecule has 0 radical (unpaired) electrons. The third-order valence-electron chi connectivity index (χ3n) is 3.07. The Bertz CT molecular complexity index is 801. The Balaban J connectivity index is 1.81. The van der Waals surface area contributed by atoms with Crippen molar-refractivity contribution < 1.29 is 0 Å². The van der Waals surface area contributed by atoms with Gasteiger partial charge in [-0.1, -0.05) is 17.7 Å². The number of fused-ring (bicyclic) bond motifs is 1. The fraction of sp³-hybridized carbons (Fsp3) is 0.0667. The van der Waals surface area contributed by atoms with E-state index in [9.17, 15) is 0 Å². The predicted molar refractivity (Wildman–Crippen MR) is 78.7 cm³/mol. The fourth-order valence-electron chi connectivity index (χ4n) is 2.04. The van der Waals surface area contributed by atoms with Crippen LogP contribution in [0.25, 0.3) is 5.52 Å². The van der Waals surface area contributed by atoms with Gasteiger partial charge in [0, 0.05) is 18.3 Å². The molecule has 2 heterocycles. The van der Waals surface area contributed by atoms with Crippen LogP contribution in [0.5, 0.6) is 0 Å². The number of aromatic nitrogens is 2. The van der Waals surface area contributed by atoms with E-state index in [0.717, 1.165) is 16.8 Å². The van der Waals surface area contributed by atoms with Crippen LogP contribution in [-0.4, -0.2) is 9.61 Å². The average molecular weight is 283 g/mol. The van der Waals surface area contributed by atoms with Gasteiger partial charge in [-0.3, -0.25) is 0 Å². The van der Waals surface area contributed by atoms with Crippen LogP contribution in [0.3, 0.4) is 0 Å². The maximum atomic E-state index is 8.81. The molecule has 0 aliphatic carbocycles. The molecule has 0 fully saturated rings. The zero-order chi connectivity index (χ0) is 13.9. The van der Waals surface area contributed by atoms with Crippen LogP contribution in [0, 0.1) is 11.3 Å². The van der Waals surface area contributed by atoms with E-state index in [0.29, 0.717) is 17.1 Å². The van der Waals surface area contributed by atoms with Crippen LogP contribution in [0.1, 0.15) is 11.1 Å². The molecule has 0 spiro atoms. The van der Waals surface area contributed by atoms with Crippen LogP contribution in [-0.2, 0) is 6.54 Å². The van der Waals surface area contributed by atoms with Crippen molar-refractivity contribution in [2.75, 3.05) is 5.32 Å². The smallest absolute Gasteiger partial charge is 0.0992 e. The second-order valence-corrected chi connectivity index (χ2v) is 4.77. The zero-order valence-corrected chi connectivity index (χ0v) is 11.3. The van der Waals surface area contributed by atoms with Gasteiger partial charge in [0.25, 0.3) is 0 Å². The summed E-state index contributed by atoms with van der Waals surface area (Å²) in [5, 5.41) is 16.9. The summed E-state index contributed by atoms with van der Waals surface area (Å²) < 4.78 is 1.83. The molecule has 3 rings (SSSR count). The summed E-state index contributed by atoms with van der Waals surface area (Å²) in [4.78, 5) is 0. The van der Waals surface area contributed by atoms with Crippen LogP contribution in [0.15, 0.2) is 48.8 Å². The summed E-state index contributed by atoms with van der Waals surface area (Å²) in [5.74, 6) is 0.